The van der Waals surface area contributed by atoms with E-state index < -0.39 is 0 Å². The number of para-hydroxylation sites is 1. The topological polar surface area (TPSA) is 15.8 Å². The molecule has 0 unspecified atom stereocenters. The summed E-state index contributed by atoms with van der Waals surface area (Å²) in [4.78, 5) is 3.70. The Morgan fingerprint density at radius 3 is 2.13 bits per heavy atom. The molecule has 7 aromatic rings. The molecule has 2 aromatic heterocycles. The Labute approximate surface area is 177 Å². The first kappa shape index (κ1) is 16.2. The largest absolute Gasteiger partial charge is 0.354 e. The Morgan fingerprint density at radius 1 is 0.533 bits per heavy atom. The van der Waals surface area contributed by atoms with Crippen LogP contribution in [-0.2, 0) is 0 Å². The lowest BCUT2D eigenvalue weighted by atomic mass is 9.98. The van der Waals surface area contributed by atoms with E-state index in [4.69, 9.17) is 0 Å². The number of aromatic amines is 1. The van der Waals surface area contributed by atoms with Gasteiger partial charge in [0.2, 0.25) is 0 Å². The molecular formula is C28H17NS. The van der Waals surface area contributed by atoms with Crippen molar-refractivity contribution in [3.63, 3.8) is 0 Å². The highest BCUT2D eigenvalue weighted by Crippen LogP contribution is 2.46. The summed E-state index contributed by atoms with van der Waals surface area (Å²) in [5.74, 6) is 0. The van der Waals surface area contributed by atoms with E-state index >= 15 is 0 Å². The summed E-state index contributed by atoms with van der Waals surface area (Å²) in [5, 5.41) is 7.99. The number of hydrogen-bond donors (Lipinski definition) is 1. The van der Waals surface area contributed by atoms with E-state index in [1.54, 1.807) is 0 Å². The van der Waals surface area contributed by atoms with Crippen LogP contribution < -0.4 is 0 Å². The standard InChI is InChI=1S/C28H17NS/c1-2-8-17(9-3-1)18-14-15-24-22(16-18)25-19-10-4-5-11-20(19)27-26(28(25)30-24)21-12-6-7-13-23(21)29-27/h1-16,29H. The smallest absolute Gasteiger partial charge is 0.0559 e. The number of rotatable bonds is 1. The van der Waals surface area contributed by atoms with E-state index in [1.165, 1.54) is 63.9 Å². The summed E-state index contributed by atoms with van der Waals surface area (Å²) in [6.45, 7) is 0. The van der Waals surface area contributed by atoms with Gasteiger partial charge in [-0.1, -0.05) is 78.9 Å². The van der Waals surface area contributed by atoms with Crippen molar-refractivity contribution in [3.05, 3.63) is 97.1 Å². The predicted octanol–water partition coefficient (Wildman–Crippen LogP) is 8.51. The maximum absolute atomic E-state index is 3.70. The highest BCUT2D eigenvalue weighted by atomic mass is 32.1. The van der Waals surface area contributed by atoms with Gasteiger partial charge in [-0.15, -0.1) is 11.3 Å². The predicted molar refractivity (Wildman–Crippen MR) is 132 cm³/mol. The molecule has 1 nitrogen and oxygen atoms in total. The van der Waals surface area contributed by atoms with Gasteiger partial charge in [0.1, 0.15) is 0 Å². The van der Waals surface area contributed by atoms with Crippen LogP contribution in [0.1, 0.15) is 0 Å². The maximum Gasteiger partial charge on any atom is 0.0559 e. The molecule has 0 amide bonds. The quantitative estimate of drug-likeness (QED) is 0.285. The zero-order valence-corrected chi connectivity index (χ0v) is 17.0. The fraction of sp³-hybridized carbons (Fsp3) is 0. The molecule has 0 aliphatic rings. The van der Waals surface area contributed by atoms with Gasteiger partial charge in [0.05, 0.1) is 5.52 Å². The Balaban J connectivity index is 1.73. The number of H-pyrrole nitrogens is 1. The van der Waals surface area contributed by atoms with E-state index in [1.807, 2.05) is 11.3 Å². The van der Waals surface area contributed by atoms with Crippen LogP contribution in [0.5, 0.6) is 0 Å². The van der Waals surface area contributed by atoms with Crippen molar-refractivity contribution in [1.29, 1.82) is 0 Å². The van der Waals surface area contributed by atoms with E-state index in [0.717, 1.165) is 0 Å². The highest BCUT2D eigenvalue weighted by molar-refractivity contribution is 7.27. The summed E-state index contributed by atoms with van der Waals surface area (Å²) >= 11 is 1.91. The Kier molecular flexibility index (Phi) is 3.21. The molecule has 0 saturated carbocycles. The average molecular weight is 400 g/mol. The number of fused-ring (bicyclic) bond motifs is 10. The number of nitrogens with one attached hydrogen (secondary N) is 1. The van der Waals surface area contributed by atoms with Gasteiger partial charge in [-0.05, 0) is 34.7 Å². The van der Waals surface area contributed by atoms with Crippen LogP contribution in [0.2, 0.25) is 0 Å². The van der Waals surface area contributed by atoms with Crippen molar-refractivity contribution >= 4 is 64.1 Å². The summed E-state index contributed by atoms with van der Waals surface area (Å²) in [6.07, 6.45) is 0. The van der Waals surface area contributed by atoms with Gasteiger partial charge < -0.3 is 4.98 Å². The van der Waals surface area contributed by atoms with E-state index in [9.17, 15) is 0 Å². The zero-order valence-electron chi connectivity index (χ0n) is 16.1. The molecule has 0 spiro atoms. The number of aromatic nitrogens is 1. The van der Waals surface area contributed by atoms with Gasteiger partial charge in [0.15, 0.2) is 0 Å². The Morgan fingerprint density at radius 2 is 1.27 bits per heavy atom. The van der Waals surface area contributed by atoms with Crippen molar-refractivity contribution in [3.8, 4) is 11.1 Å². The van der Waals surface area contributed by atoms with Gasteiger partial charge in [0, 0.05) is 41.8 Å². The lowest BCUT2D eigenvalue weighted by Crippen LogP contribution is -1.79. The van der Waals surface area contributed by atoms with Crippen molar-refractivity contribution in [2.75, 3.05) is 0 Å². The minimum atomic E-state index is 1.20. The number of hydrogen-bond acceptors (Lipinski definition) is 1. The van der Waals surface area contributed by atoms with E-state index in [-0.39, 0.29) is 0 Å². The normalized spacial score (nSPS) is 12.0. The molecule has 140 valence electrons. The van der Waals surface area contributed by atoms with Crippen LogP contribution in [0, 0.1) is 0 Å². The fourth-order valence-electron chi connectivity index (χ4n) is 4.85. The first-order valence-corrected chi connectivity index (χ1v) is 11.0. The first-order chi connectivity index (χ1) is 14.9. The minimum Gasteiger partial charge on any atom is -0.354 e. The van der Waals surface area contributed by atoms with Gasteiger partial charge in [-0.3, -0.25) is 0 Å². The summed E-state index contributed by atoms with van der Waals surface area (Å²) in [6, 6.07) is 35.0. The minimum absolute atomic E-state index is 1.20. The van der Waals surface area contributed by atoms with E-state index in [0.29, 0.717) is 0 Å². The first-order valence-electron chi connectivity index (χ1n) is 10.2. The molecule has 5 aromatic carbocycles. The molecule has 1 N–H and O–H groups in total. The van der Waals surface area contributed by atoms with Gasteiger partial charge >= 0.3 is 0 Å². The lowest BCUT2D eigenvalue weighted by molar-refractivity contribution is 1.57. The van der Waals surface area contributed by atoms with Crippen molar-refractivity contribution < 1.29 is 0 Å². The molecular weight excluding hydrogens is 382 g/mol. The second-order valence-electron chi connectivity index (χ2n) is 7.85. The van der Waals surface area contributed by atoms with Crippen LogP contribution in [-0.4, -0.2) is 4.98 Å². The van der Waals surface area contributed by atoms with Crippen LogP contribution >= 0.6 is 11.3 Å². The molecule has 0 saturated heterocycles. The third kappa shape index (κ3) is 2.11. The van der Waals surface area contributed by atoms with Crippen LogP contribution in [0.25, 0.3) is 63.9 Å². The monoisotopic (exact) mass is 399 g/mol. The SMILES string of the molecule is c1ccc(-c2ccc3sc4c(c3c2)c2ccccc2c2[nH]c3ccccc3c24)cc1. The van der Waals surface area contributed by atoms with Crippen LogP contribution in [0.15, 0.2) is 97.1 Å². The molecule has 0 aliphatic carbocycles. The summed E-state index contributed by atoms with van der Waals surface area (Å²) in [7, 11) is 0. The second-order valence-corrected chi connectivity index (χ2v) is 8.90. The molecule has 0 fully saturated rings. The van der Waals surface area contributed by atoms with Crippen LogP contribution in [0.3, 0.4) is 0 Å². The van der Waals surface area contributed by atoms with Gasteiger partial charge in [-0.25, -0.2) is 0 Å². The van der Waals surface area contributed by atoms with Crippen molar-refractivity contribution in [1.82, 2.24) is 4.98 Å². The molecule has 2 heterocycles. The molecule has 0 aliphatic heterocycles. The summed E-state index contributed by atoms with van der Waals surface area (Å²) in [5.41, 5.74) is 4.98. The Hall–Kier alpha value is -3.62. The molecule has 2 heteroatoms. The van der Waals surface area contributed by atoms with Crippen molar-refractivity contribution in [2.24, 2.45) is 0 Å². The van der Waals surface area contributed by atoms with E-state index in [2.05, 4.69) is 102 Å². The molecule has 0 radical (unpaired) electrons. The van der Waals surface area contributed by atoms with Crippen molar-refractivity contribution in [2.45, 2.75) is 0 Å². The molecule has 0 atom stereocenters. The summed E-state index contributed by atoms with van der Waals surface area (Å²) < 4.78 is 2.72. The third-order valence-electron chi connectivity index (χ3n) is 6.19. The second kappa shape index (κ2) is 5.94. The molecule has 7 rings (SSSR count). The number of thiophene rings is 1. The average Bonchev–Trinajstić information content (AvgIpc) is 3.38. The van der Waals surface area contributed by atoms with Crippen LogP contribution in [0.4, 0.5) is 0 Å². The van der Waals surface area contributed by atoms with Gasteiger partial charge in [-0.2, -0.15) is 0 Å². The van der Waals surface area contributed by atoms with Gasteiger partial charge in [0.25, 0.3) is 0 Å². The maximum atomic E-state index is 3.70. The number of benzene rings is 5. The lowest BCUT2D eigenvalue weighted by Gasteiger charge is -2.05. The highest BCUT2D eigenvalue weighted by Gasteiger charge is 2.17. The zero-order chi connectivity index (χ0) is 19.7. The third-order valence-corrected chi connectivity index (χ3v) is 7.38. The molecule has 30 heavy (non-hydrogen) atoms. The molecule has 0 bridgehead atoms. The fourth-order valence-corrected chi connectivity index (χ4v) is 6.11. The Bertz CT molecular complexity index is 1740.